The number of hydrogen-bond donors (Lipinski definition) is 1. The molecule has 0 bridgehead atoms. The zero-order valence-electron chi connectivity index (χ0n) is 15.4. The van der Waals surface area contributed by atoms with Gasteiger partial charge in [-0.25, -0.2) is 0 Å². The van der Waals surface area contributed by atoms with E-state index in [0.717, 1.165) is 6.54 Å². The highest BCUT2D eigenvalue weighted by atomic mass is 35.5. The van der Waals surface area contributed by atoms with Crippen LogP contribution in [0.5, 0.6) is 11.5 Å². The summed E-state index contributed by atoms with van der Waals surface area (Å²) in [6, 6.07) is 5.63. The van der Waals surface area contributed by atoms with Crippen LogP contribution in [0, 0.1) is 5.92 Å². The lowest BCUT2D eigenvalue weighted by atomic mass is 10.1. The molecule has 2 atom stereocenters. The molecule has 3 rings (SSSR count). The van der Waals surface area contributed by atoms with Gasteiger partial charge in [0, 0.05) is 56.8 Å². The molecule has 2 aliphatic rings. The fourth-order valence-electron chi connectivity index (χ4n) is 3.46. The van der Waals surface area contributed by atoms with E-state index in [9.17, 15) is 9.59 Å². The second-order valence-electron chi connectivity index (χ2n) is 6.62. The SMILES string of the molecule is COc1cc(OC)cc(N2CC(C(=O)N3CCNC(C)C3)CC2=O)c1.Cl. The highest BCUT2D eigenvalue weighted by Gasteiger charge is 2.38. The lowest BCUT2D eigenvalue weighted by molar-refractivity contribution is -0.136. The van der Waals surface area contributed by atoms with Crippen LogP contribution in [-0.4, -0.2) is 63.2 Å². The highest BCUT2D eigenvalue weighted by Crippen LogP contribution is 2.32. The average molecular weight is 384 g/mol. The topological polar surface area (TPSA) is 71.1 Å². The Balaban J connectivity index is 0.00000243. The van der Waals surface area contributed by atoms with Gasteiger partial charge in [-0.2, -0.15) is 0 Å². The lowest BCUT2D eigenvalue weighted by Crippen LogP contribution is -2.53. The van der Waals surface area contributed by atoms with Crippen molar-refractivity contribution in [2.75, 3.05) is 45.3 Å². The third-order valence-electron chi connectivity index (χ3n) is 4.80. The lowest BCUT2D eigenvalue weighted by Gasteiger charge is -2.33. The Morgan fingerprint density at radius 1 is 1.15 bits per heavy atom. The van der Waals surface area contributed by atoms with Gasteiger partial charge in [-0.3, -0.25) is 9.59 Å². The Hall–Kier alpha value is -1.99. The molecule has 2 aliphatic heterocycles. The van der Waals surface area contributed by atoms with E-state index in [0.29, 0.717) is 36.8 Å². The Kier molecular flexibility index (Phi) is 6.72. The molecular formula is C18H26ClN3O4. The molecule has 7 nitrogen and oxygen atoms in total. The maximum Gasteiger partial charge on any atom is 0.228 e. The molecule has 0 aromatic heterocycles. The van der Waals surface area contributed by atoms with Gasteiger partial charge in [0.1, 0.15) is 11.5 Å². The minimum absolute atomic E-state index is 0. The van der Waals surface area contributed by atoms with Crippen LogP contribution < -0.4 is 19.7 Å². The van der Waals surface area contributed by atoms with Gasteiger partial charge < -0.3 is 24.6 Å². The van der Waals surface area contributed by atoms with E-state index < -0.39 is 0 Å². The summed E-state index contributed by atoms with van der Waals surface area (Å²) in [5, 5.41) is 3.33. The predicted octanol–water partition coefficient (Wildman–Crippen LogP) is 1.30. The Morgan fingerprint density at radius 3 is 2.38 bits per heavy atom. The predicted molar refractivity (Wildman–Crippen MR) is 101 cm³/mol. The Morgan fingerprint density at radius 2 is 1.81 bits per heavy atom. The van der Waals surface area contributed by atoms with Crippen molar-refractivity contribution in [3.63, 3.8) is 0 Å². The number of ether oxygens (including phenoxy) is 2. The van der Waals surface area contributed by atoms with Crippen LogP contribution in [0.3, 0.4) is 0 Å². The van der Waals surface area contributed by atoms with Crippen LogP contribution >= 0.6 is 12.4 Å². The van der Waals surface area contributed by atoms with Gasteiger partial charge >= 0.3 is 0 Å². The first-order valence-electron chi connectivity index (χ1n) is 8.57. The van der Waals surface area contributed by atoms with Crippen molar-refractivity contribution in [1.82, 2.24) is 10.2 Å². The van der Waals surface area contributed by atoms with E-state index in [4.69, 9.17) is 9.47 Å². The van der Waals surface area contributed by atoms with Gasteiger partial charge in [-0.05, 0) is 6.92 Å². The van der Waals surface area contributed by atoms with Crippen molar-refractivity contribution in [1.29, 1.82) is 0 Å². The Bertz CT molecular complexity index is 648. The third-order valence-corrected chi connectivity index (χ3v) is 4.80. The summed E-state index contributed by atoms with van der Waals surface area (Å²) in [4.78, 5) is 28.8. The number of anilines is 1. The van der Waals surface area contributed by atoms with Gasteiger partial charge in [0.05, 0.1) is 25.8 Å². The van der Waals surface area contributed by atoms with Crippen LogP contribution in [0.1, 0.15) is 13.3 Å². The molecule has 2 amide bonds. The first-order chi connectivity index (χ1) is 12.0. The molecule has 2 fully saturated rings. The molecule has 0 aliphatic carbocycles. The van der Waals surface area contributed by atoms with E-state index in [2.05, 4.69) is 12.2 Å². The van der Waals surface area contributed by atoms with Crippen molar-refractivity contribution < 1.29 is 19.1 Å². The number of amides is 2. The van der Waals surface area contributed by atoms with Crippen molar-refractivity contribution in [2.45, 2.75) is 19.4 Å². The maximum atomic E-state index is 12.8. The summed E-state index contributed by atoms with van der Waals surface area (Å²) in [7, 11) is 3.14. The van der Waals surface area contributed by atoms with Crippen LogP contribution in [0.15, 0.2) is 18.2 Å². The molecule has 144 valence electrons. The molecule has 1 N–H and O–H groups in total. The molecule has 0 saturated carbocycles. The van der Waals surface area contributed by atoms with E-state index in [1.54, 1.807) is 37.3 Å². The van der Waals surface area contributed by atoms with Crippen molar-refractivity contribution in [3.8, 4) is 11.5 Å². The minimum Gasteiger partial charge on any atom is -0.497 e. The molecule has 2 saturated heterocycles. The molecule has 0 radical (unpaired) electrons. The van der Waals surface area contributed by atoms with Crippen LogP contribution in [0.4, 0.5) is 5.69 Å². The van der Waals surface area contributed by atoms with Gasteiger partial charge in [0.2, 0.25) is 11.8 Å². The number of rotatable bonds is 4. The first-order valence-corrected chi connectivity index (χ1v) is 8.57. The smallest absolute Gasteiger partial charge is 0.228 e. The third kappa shape index (κ3) is 4.22. The highest BCUT2D eigenvalue weighted by molar-refractivity contribution is 6.00. The zero-order chi connectivity index (χ0) is 18.0. The number of carbonyl (C=O) groups excluding carboxylic acids is 2. The fourth-order valence-corrected chi connectivity index (χ4v) is 3.46. The minimum atomic E-state index is -0.296. The molecule has 8 heteroatoms. The normalized spacial score (nSPS) is 22.8. The molecular weight excluding hydrogens is 358 g/mol. The number of halogens is 1. The van der Waals surface area contributed by atoms with Gasteiger partial charge in [0.25, 0.3) is 0 Å². The summed E-state index contributed by atoms with van der Waals surface area (Å²) in [5.74, 6) is 0.964. The van der Waals surface area contributed by atoms with Crippen molar-refractivity contribution in [3.05, 3.63) is 18.2 Å². The second kappa shape index (κ2) is 8.60. The second-order valence-corrected chi connectivity index (χ2v) is 6.62. The number of hydrogen-bond acceptors (Lipinski definition) is 5. The molecule has 1 aromatic rings. The summed E-state index contributed by atoms with van der Waals surface area (Å²) in [6.07, 6.45) is 0.247. The maximum absolute atomic E-state index is 12.8. The monoisotopic (exact) mass is 383 g/mol. The summed E-state index contributed by atoms with van der Waals surface area (Å²) >= 11 is 0. The quantitative estimate of drug-likeness (QED) is 0.848. The number of benzene rings is 1. The van der Waals surface area contributed by atoms with E-state index in [-0.39, 0.29) is 42.6 Å². The Labute approximate surface area is 160 Å². The molecule has 2 unspecified atom stereocenters. The fraction of sp³-hybridized carbons (Fsp3) is 0.556. The van der Waals surface area contributed by atoms with Gasteiger partial charge in [0.15, 0.2) is 0 Å². The summed E-state index contributed by atoms with van der Waals surface area (Å²) in [6.45, 7) is 4.64. The van der Waals surface area contributed by atoms with Crippen molar-refractivity contribution in [2.24, 2.45) is 5.92 Å². The summed E-state index contributed by atoms with van der Waals surface area (Å²) in [5.41, 5.74) is 0.699. The zero-order valence-corrected chi connectivity index (χ0v) is 16.2. The number of piperazine rings is 1. The number of carbonyl (C=O) groups is 2. The van der Waals surface area contributed by atoms with Gasteiger partial charge in [-0.15, -0.1) is 12.4 Å². The van der Waals surface area contributed by atoms with E-state index in [1.165, 1.54) is 0 Å². The average Bonchev–Trinajstić information content (AvgIpc) is 3.02. The number of methoxy groups -OCH3 is 2. The van der Waals surface area contributed by atoms with Crippen LogP contribution in [0.25, 0.3) is 0 Å². The first kappa shape index (κ1) is 20.3. The molecule has 26 heavy (non-hydrogen) atoms. The number of nitrogens with one attached hydrogen (secondary N) is 1. The number of nitrogens with zero attached hydrogens (tertiary/aromatic N) is 2. The molecule has 0 spiro atoms. The van der Waals surface area contributed by atoms with E-state index in [1.807, 2.05) is 4.90 Å². The molecule has 2 heterocycles. The molecule has 1 aromatic carbocycles. The standard InChI is InChI=1S/C18H25N3O4.ClH/c1-12-10-20(5-4-19-12)18(23)13-6-17(22)21(11-13)14-7-15(24-2)9-16(8-14)25-3;/h7-9,12-13,19H,4-6,10-11H2,1-3H3;1H. The summed E-state index contributed by atoms with van der Waals surface area (Å²) < 4.78 is 10.5. The van der Waals surface area contributed by atoms with Gasteiger partial charge in [-0.1, -0.05) is 0 Å². The largest absolute Gasteiger partial charge is 0.497 e. The van der Waals surface area contributed by atoms with Crippen molar-refractivity contribution >= 4 is 29.9 Å². The van der Waals surface area contributed by atoms with Crippen LogP contribution in [-0.2, 0) is 9.59 Å². The van der Waals surface area contributed by atoms with E-state index >= 15 is 0 Å². The van der Waals surface area contributed by atoms with Crippen LogP contribution in [0.2, 0.25) is 0 Å².